The molecule has 0 aliphatic carbocycles. The molecule has 1 unspecified atom stereocenters. The van der Waals surface area contributed by atoms with Gasteiger partial charge in [-0.1, -0.05) is 42.0 Å². The van der Waals surface area contributed by atoms with Crippen LogP contribution in [0.25, 0.3) is 0 Å². The summed E-state index contributed by atoms with van der Waals surface area (Å²) in [4.78, 5) is 0. The van der Waals surface area contributed by atoms with Gasteiger partial charge in [0, 0.05) is 18.2 Å². The number of aryl methyl sites for hydroxylation is 1. The van der Waals surface area contributed by atoms with Gasteiger partial charge in [-0.05, 0) is 31.0 Å². The van der Waals surface area contributed by atoms with Crippen molar-refractivity contribution < 1.29 is 18.6 Å². The second kappa shape index (κ2) is 8.04. The van der Waals surface area contributed by atoms with E-state index in [1.165, 1.54) is 0 Å². The molecule has 0 aliphatic rings. The number of aliphatic hydroxyl groups excluding tert-OH is 1. The van der Waals surface area contributed by atoms with E-state index in [9.17, 15) is 13.9 Å². The highest BCUT2D eigenvalue weighted by atomic mass is 19.3. The minimum Gasteiger partial charge on any atom is -0.434 e. The van der Waals surface area contributed by atoms with Crippen molar-refractivity contribution >= 4 is 0 Å². The maximum atomic E-state index is 12.5. The predicted octanol–water partition coefficient (Wildman–Crippen LogP) is 3.94. The van der Waals surface area contributed by atoms with Crippen molar-refractivity contribution in [2.45, 2.75) is 39.7 Å². The zero-order chi connectivity index (χ0) is 16.8. The molecule has 0 amide bonds. The Balaban J connectivity index is 2.14. The number of benzene rings is 2. The van der Waals surface area contributed by atoms with Crippen LogP contribution in [0.2, 0.25) is 0 Å². The Hall–Kier alpha value is -1.98. The lowest BCUT2D eigenvalue weighted by Gasteiger charge is -2.19. The number of halogens is 2. The normalized spacial score (nSPS) is 12.4. The predicted molar refractivity (Wildman–Crippen MR) is 85.4 cm³/mol. The smallest absolute Gasteiger partial charge is 0.387 e. The van der Waals surface area contributed by atoms with E-state index in [0.717, 1.165) is 16.7 Å². The molecule has 0 fully saturated rings. The van der Waals surface area contributed by atoms with E-state index in [4.69, 9.17) is 0 Å². The Bertz CT molecular complexity index is 647. The summed E-state index contributed by atoms with van der Waals surface area (Å²) in [6.45, 7) is 1.45. The van der Waals surface area contributed by atoms with E-state index >= 15 is 0 Å². The van der Waals surface area contributed by atoms with E-state index in [2.05, 4.69) is 10.1 Å². The summed E-state index contributed by atoms with van der Waals surface area (Å²) in [7, 11) is 0. The Labute approximate surface area is 134 Å². The zero-order valence-electron chi connectivity index (χ0n) is 13.2. The molecular weight excluding hydrogens is 300 g/mol. The maximum Gasteiger partial charge on any atom is 0.387 e. The van der Waals surface area contributed by atoms with Gasteiger partial charge < -0.3 is 15.2 Å². The Kier molecular flexibility index (Phi) is 6.07. The molecule has 0 saturated heterocycles. The summed E-state index contributed by atoms with van der Waals surface area (Å²) in [5, 5.41) is 12.6. The van der Waals surface area contributed by atoms with E-state index in [1.807, 2.05) is 44.2 Å². The first-order valence-electron chi connectivity index (χ1n) is 7.47. The lowest BCUT2D eigenvalue weighted by Crippen LogP contribution is -2.20. The minimum atomic E-state index is -2.85. The third-order valence-corrected chi connectivity index (χ3v) is 3.74. The third kappa shape index (κ3) is 4.74. The van der Waals surface area contributed by atoms with Gasteiger partial charge in [-0.3, -0.25) is 0 Å². The molecule has 0 radical (unpaired) electrons. The first kappa shape index (κ1) is 17.4. The highest BCUT2D eigenvalue weighted by Gasteiger charge is 2.15. The van der Waals surface area contributed by atoms with Gasteiger partial charge in [0.1, 0.15) is 5.75 Å². The number of hydrogen-bond donors (Lipinski definition) is 2. The molecular formula is C18H21F2NO2. The first-order chi connectivity index (χ1) is 11.0. The van der Waals surface area contributed by atoms with Crippen molar-refractivity contribution in [1.29, 1.82) is 0 Å². The molecule has 1 atom stereocenters. The Morgan fingerprint density at radius 3 is 2.48 bits per heavy atom. The molecule has 124 valence electrons. The average molecular weight is 321 g/mol. The lowest BCUT2D eigenvalue weighted by molar-refractivity contribution is -0.0506. The van der Waals surface area contributed by atoms with Gasteiger partial charge >= 0.3 is 6.61 Å². The molecule has 2 rings (SSSR count). The summed E-state index contributed by atoms with van der Waals surface area (Å²) >= 11 is 0. The third-order valence-electron chi connectivity index (χ3n) is 3.74. The van der Waals surface area contributed by atoms with Gasteiger partial charge in [0.2, 0.25) is 0 Å². The van der Waals surface area contributed by atoms with Gasteiger partial charge in [-0.25, -0.2) is 0 Å². The highest BCUT2D eigenvalue weighted by molar-refractivity contribution is 5.39. The summed E-state index contributed by atoms with van der Waals surface area (Å²) in [6, 6.07) is 12.5. The van der Waals surface area contributed by atoms with E-state index in [1.54, 1.807) is 12.1 Å². The molecule has 2 N–H and O–H groups in total. The van der Waals surface area contributed by atoms with Gasteiger partial charge in [0.15, 0.2) is 0 Å². The molecule has 0 aromatic heterocycles. The fourth-order valence-electron chi connectivity index (χ4n) is 2.47. The van der Waals surface area contributed by atoms with Crippen molar-refractivity contribution in [3.63, 3.8) is 0 Å². The van der Waals surface area contributed by atoms with Crippen LogP contribution in [-0.4, -0.2) is 11.7 Å². The molecule has 0 aliphatic heterocycles. The number of nitrogens with one attached hydrogen (secondary N) is 1. The van der Waals surface area contributed by atoms with Crippen LogP contribution in [0.15, 0.2) is 42.5 Å². The molecule has 2 aromatic rings. The summed E-state index contributed by atoms with van der Waals surface area (Å²) in [5.41, 5.74) is 3.49. The lowest BCUT2D eigenvalue weighted by atomic mass is 10.0. The average Bonchev–Trinajstić information content (AvgIpc) is 2.54. The molecule has 0 spiro atoms. The first-order valence-corrected chi connectivity index (χ1v) is 7.47. The van der Waals surface area contributed by atoms with E-state index < -0.39 is 6.61 Å². The van der Waals surface area contributed by atoms with Crippen LogP contribution in [0.3, 0.4) is 0 Å². The minimum absolute atomic E-state index is 0.0313. The number of alkyl halides is 2. The quantitative estimate of drug-likeness (QED) is 0.811. The molecule has 0 bridgehead atoms. The molecule has 23 heavy (non-hydrogen) atoms. The number of aliphatic hydroxyl groups is 1. The van der Waals surface area contributed by atoms with Crippen molar-refractivity contribution in [1.82, 2.24) is 5.32 Å². The molecule has 0 saturated carbocycles. The number of hydrogen-bond acceptors (Lipinski definition) is 3. The van der Waals surface area contributed by atoms with Crippen LogP contribution in [0.4, 0.5) is 8.78 Å². The highest BCUT2D eigenvalue weighted by Crippen LogP contribution is 2.28. The zero-order valence-corrected chi connectivity index (χ0v) is 13.2. The molecule has 3 nitrogen and oxygen atoms in total. The summed E-state index contributed by atoms with van der Waals surface area (Å²) < 4.78 is 29.7. The Morgan fingerprint density at radius 1 is 1.13 bits per heavy atom. The maximum absolute atomic E-state index is 12.5. The standard InChI is InChI=1S/C18H21F2NO2/c1-12-7-8-17(23-18(19)20)16(9-12)13(2)21-10-14-5-3-4-6-15(14)11-22/h3-9,13,18,21-22H,10-11H2,1-2H3. The van der Waals surface area contributed by atoms with Crippen molar-refractivity contribution in [3.05, 3.63) is 64.7 Å². The largest absolute Gasteiger partial charge is 0.434 e. The number of rotatable bonds is 7. The van der Waals surface area contributed by atoms with Gasteiger partial charge in [-0.2, -0.15) is 8.78 Å². The van der Waals surface area contributed by atoms with Crippen LogP contribution < -0.4 is 10.1 Å². The summed E-state index contributed by atoms with van der Waals surface area (Å²) in [5.74, 6) is 0.182. The van der Waals surface area contributed by atoms with Crippen molar-refractivity contribution in [2.24, 2.45) is 0 Å². The van der Waals surface area contributed by atoms with Crippen molar-refractivity contribution in [3.8, 4) is 5.75 Å². The van der Waals surface area contributed by atoms with Crippen LogP contribution in [0, 0.1) is 6.92 Å². The van der Waals surface area contributed by atoms with Gasteiger partial charge in [0.05, 0.1) is 6.61 Å². The van der Waals surface area contributed by atoms with Crippen LogP contribution >= 0.6 is 0 Å². The second-order valence-corrected chi connectivity index (χ2v) is 5.45. The van der Waals surface area contributed by atoms with Gasteiger partial charge in [-0.15, -0.1) is 0 Å². The fraction of sp³-hybridized carbons (Fsp3) is 0.333. The monoisotopic (exact) mass is 321 g/mol. The van der Waals surface area contributed by atoms with E-state index in [0.29, 0.717) is 12.1 Å². The van der Waals surface area contributed by atoms with Crippen LogP contribution in [-0.2, 0) is 13.2 Å². The Morgan fingerprint density at radius 2 is 1.83 bits per heavy atom. The van der Waals surface area contributed by atoms with Crippen molar-refractivity contribution in [2.75, 3.05) is 0 Å². The molecule has 2 aromatic carbocycles. The summed E-state index contributed by atoms with van der Waals surface area (Å²) in [6.07, 6.45) is 0. The van der Waals surface area contributed by atoms with E-state index in [-0.39, 0.29) is 18.4 Å². The van der Waals surface area contributed by atoms with Crippen LogP contribution in [0.1, 0.15) is 35.2 Å². The van der Waals surface area contributed by atoms with Gasteiger partial charge in [0.25, 0.3) is 0 Å². The SMILES string of the molecule is Cc1ccc(OC(F)F)c(C(C)NCc2ccccc2CO)c1. The second-order valence-electron chi connectivity index (χ2n) is 5.45. The molecule has 5 heteroatoms. The topological polar surface area (TPSA) is 41.5 Å². The molecule has 0 heterocycles. The fourth-order valence-corrected chi connectivity index (χ4v) is 2.47. The van der Waals surface area contributed by atoms with Crippen LogP contribution in [0.5, 0.6) is 5.75 Å². The number of ether oxygens (including phenoxy) is 1.